The number of carbonyl (C=O) groups is 1. The number of primary amides is 1. The van der Waals surface area contributed by atoms with Gasteiger partial charge in [-0.05, 0) is 29.8 Å². The number of aromatic nitrogens is 2. The van der Waals surface area contributed by atoms with Gasteiger partial charge in [-0.15, -0.1) is 0 Å². The maximum absolute atomic E-state index is 14.1. The molecule has 0 saturated carbocycles. The second-order valence-electron chi connectivity index (χ2n) is 8.58. The number of aliphatic hydroxyl groups is 1. The molecule has 178 valence electrons. The van der Waals surface area contributed by atoms with Gasteiger partial charge in [-0.3, -0.25) is 4.79 Å². The summed E-state index contributed by atoms with van der Waals surface area (Å²) in [4.78, 5) is 18.6. The van der Waals surface area contributed by atoms with E-state index in [2.05, 4.69) is 9.97 Å². The predicted molar refractivity (Wildman–Crippen MR) is 116 cm³/mol. The van der Waals surface area contributed by atoms with Crippen LogP contribution in [0.4, 0.5) is 13.2 Å². The first-order valence-electron chi connectivity index (χ1n) is 9.95. The number of hydrogen-bond acceptors (Lipinski definition) is 5. The second-order valence-corrected chi connectivity index (χ2v) is 10.5. The molecule has 11 heteroatoms. The Morgan fingerprint density at radius 2 is 1.82 bits per heavy atom. The van der Waals surface area contributed by atoms with E-state index < -0.39 is 45.8 Å². The van der Waals surface area contributed by atoms with Crippen LogP contribution >= 0.6 is 0 Å². The van der Waals surface area contributed by atoms with E-state index in [0.717, 1.165) is 6.26 Å². The van der Waals surface area contributed by atoms with Crippen molar-refractivity contribution in [2.75, 3.05) is 6.26 Å². The van der Waals surface area contributed by atoms with E-state index in [-0.39, 0.29) is 27.4 Å². The van der Waals surface area contributed by atoms with Crippen molar-refractivity contribution in [2.24, 2.45) is 11.7 Å². The standard InChI is InChI=1S/C22H24F3N3O4S/c1-21(2,14-7-5-4-6-13(14)20(26)30)19(29)15(22(23,24)25)10-12-11-17-16(27-12)8-9-18(28-17)33(3,31)32/h4-9,11,15,19,27,29H,10H2,1-3H3,(H2,26,30). The molecule has 2 unspecified atom stereocenters. The largest absolute Gasteiger partial charge is 0.394 e. The molecule has 4 N–H and O–H groups in total. The molecule has 0 aliphatic heterocycles. The molecule has 0 saturated heterocycles. The minimum Gasteiger partial charge on any atom is -0.392 e. The Kier molecular flexibility index (Phi) is 6.33. The third-order valence-corrected chi connectivity index (χ3v) is 6.74. The number of nitrogens with zero attached hydrogens (tertiary/aromatic N) is 1. The molecule has 0 bridgehead atoms. The van der Waals surface area contributed by atoms with Gasteiger partial charge < -0.3 is 15.8 Å². The van der Waals surface area contributed by atoms with Gasteiger partial charge in [0.1, 0.15) is 0 Å². The molecule has 7 nitrogen and oxygen atoms in total. The number of pyridine rings is 1. The Hall–Kier alpha value is -2.92. The average Bonchev–Trinajstić information content (AvgIpc) is 3.11. The third-order valence-electron chi connectivity index (χ3n) is 5.75. The molecule has 3 aromatic rings. The molecule has 1 aromatic carbocycles. The van der Waals surface area contributed by atoms with E-state index in [0.29, 0.717) is 5.52 Å². The van der Waals surface area contributed by atoms with Crippen LogP contribution in [0.3, 0.4) is 0 Å². The van der Waals surface area contributed by atoms with Crippen molar-refractivity contribution in [3.05, 3.63) is 59.3 Å². The molecule has 3 rings (SSSR count). The summed E-state index contributed by atoms with van der Waals surface area (Å²) in [5.41, 5.74) is 4.84. The number of hydrogen-bond donors (Lipinski definition) is 3. The molecule has 0 aliphatic carbocycles. The Balaban J connectivity index is 2.01. The fraction of sp³-hybridized carbons (Fsp3) is 0.364. The number of benzene rings is 1. The summed E-state index contributed by atoms with van der Waals surface area (Å²) < 4.78 is 65.7. The summed E-state index contributed by atoms with van der Waals surface area (Å²) in [5.74, 6) is -3.01. The van der Waals surface area contributed by atoms with Crippen LogP contribution in [0, 0.1) is 5.92 Å². The molecule has 1 amide bonds. The summed E-state index contributed by atoms with van der Waals surface area (Å²) in [5, 5.41) is 10.7. The summed E-state index contributed by atoms with van der Waals surface area (Å²) >= 11 is 0. The van der Waals surface area contributed by atoms with Crippen LogP contribution in [-0.4, -0.2) is 47.9 Å². The number of halogens is 3. The van der Waals surface area contributed by atoms with Crippen LogP contribution in [-0.2, 0) is 21.7 Å². The SMILES string of the molecule is CC(C)(c1ccccc1C(N)=O)C(O)C(Cc1cc2nc(S(C)(=O)=O)ccc2[nH]1)C(F)(F)F. The van der Waals surface area contributed by atoms with Crippen molar-refractivity contribution in [3.8, 4) is 0 Å². The van der Waals surface area contributed by atoms with E-state index in [9.17, 15) is 31.5 Å². The molecule has 0 aliphatic rings. The molecule has 0 spiro atoms. The number of alkyl halides is 3. The average molecular weight is 484 g/mol. The van der Waals surface area contributed by atoms with Crippen molar-refractivity contribution in [1.82, 2.24) is 9.97 Å². The maximum atomic E-state index is 14.1. The van der Waals surface area contributed by atoms with Crippen molar-refractivity contribution >= 4 is 26.8 Å². The first-order valence-corrected chi connectivity index (χ1v) is 11.8. The van der Waals surface area contributed by atoms with Crippen LogP contribution < -0.4 is 5.73 Å². The minimum absolute atomic E-state index is 0.0330. The monoisotopic (exact) mass is 483 g/mol. The van der Waals surface area contributed by atoms with Crippen LogP contribution in [0.25, 0.3) is 11.0 Å². The van der Waals surface area contributed by atoms with Gasteiger partial charge in [0.2, 0.25) is 5.91 Å². The lowest BCUT2D eigenvalue weighted by molar-refractivity contribution is -0.207. The minimum atomic E-state index is -4.78. The lowest BCUT2D eigenvalue weighted by atomic mass is 9.71. The molecule has 33 heavy (non-hydrogen) atoms. The zero-order valence-corrected chi connectivity index (χ0v) is 19.0. The van der Waals surface area contributed by atoms with Gasteiger partial charge in [-0.1, -0.05) is 32.0 Å². The molecular formula is C22H24F3N3O4S. The molecule has 2 aromatic heterocycles. The molecule has 0 fully saturated rings. The quantitative estimate of drug-likeness (QED) is 0.476. The summed E-state index contributed by atoms with van der Waals surface area (Å²) in [6, 6.07) is 9.98. The highest BCUT2D eigenvalue weighted by Crippen LogP contribution is 2.41. The van der Waals surface area contributed by atoms with E-state index in [1.54, 1.807) is 6.07 Å². The van der Waals surface area contributed by atoms with Gasteiger partial charge in [-0.2, -0.15) is 13.2 Å². The third kappa shape index (κ3) is 5.03. The number of nitrogens with one attached hydrogen (secondary N) is 1. The van der Waals surface area contributed by atoms with E-state index in [4.69, 9.17) is 5.73 Å². The number of aliphatic hydroxyl groups excluding tert-OH is 1. The molecule has 2 atom stereocenters. The topological polar surface area (TPSA) is 126 Å². The highest BCUT2D eigenvalue weighted by Gasteiger charge is 2.50. The number of sulfone groups is 1. The number of carbonyl (C=O) groups excluding carboxylic acids is 1. The van der Waals surface area contributed by atoms with Crippen molar-refractivity contribution < 1.29 is 31.5 Å². The van der Waals surface area contributed by atoms with Gasteiger partial charge in [0.15, 0.2) is 14.9 Å². The van der Waals surface area contributed by atoms with Gasteiger partial charge in [0.25, 0.3) is 0 Å². The van der Waals surface area contributed by atoms with Gasteiger partial charge in [-0.25, -0.2) is 13.4 Å². The Morgan fingerprint density at radius 1 is 1.18 bits per heavy atom. The summed E-state index contributed by atoms with van der Waals surface area (Å²) in [6.45, 7) is 2.84. The van der Waals surface area contributed by atoms with E-state index in [1.807, 2.05) is 0 Å². The van der Waals surface area contributed by atoms with Crippen LogP contribution in [0.5, 0.6) is 0 Å². The first-order chi connectivity index (χ1) is 15.1. The van der Waals surface area contributed by atoms with Gasteiger partial charge in [0.05, 0.1) is 23.1 Å². The highest BCUT2D eigenvalue weighted by atomic mass is 32.2. The van der Waals surface area contributed by atoms with Crippen LogP contribution in [0.15, 0.2) is 47.5 Å². The fourth-order valence-corrected chi connectivity index (χ4v) is 4.51. The zero-order valence-electron chi connectivity index (χ0n) is 18.1. The molecule has 2 heterocycles. The number of rotatable bonds is 7. The summed E-state index contributed by atoms with van der Waals surface area (Å²) in [6.07, 6.45) is -6.33. The lowest BCUT2D eigenvalue weighted by Crippen LogP contribution is -2.47. The van der Waals surface area contributed by atoms with Gasteiger partial charge >= 0.3 is 6.18 Å². The predicted octanol–water partition coefficient (Wildman–Crippen LogP) is 3.13. The number of nitrogens with two attached hydrogens (primary N) is 1. The Labute approximate surface area is 188 Å². The Morgan fingerprint density at radius 3 is 2.39 bits per heavy atom. The smallest absolute Gasteiger partial charge is 0.392 e. The number of fused-ring (bicyclic) bond motifs is 1. The maximum Gasteiger partial charge on any atom is 0.394 e. The second kappa shape index (κ2) is 8.45. The van der Waals surface area contributed by atoms with Crippen LogP contribution in [0.1, 0.15) is 35.5 Å². The lowest BCUT2D eigenvalue weighted by Gasteiger charge is -2.38. The number of aromatic amines is 1. The first kappa shape index (κ1) is 24.7. The van der Waals surface area contributed by atoms with Gasteiger partial charge in [0, 0.05) is 29.3 Å². The van der Waals surface area contributed by atoms with Crippen LogP contribution in [0.2, 0.25) is 0 Å². The fourth-order valence-electron chi connectivity index (χ4n) is 3.93. The molecular weight excluding hydrogens is 459 g/mol. The van der Waals surface area contributed by atoms with E-state index in [1.165, 1.54) is 50.2 Å². The normalized spacial score (nSPS) is 14.9. The van der Waals surface area contributed by atoms with Crippen molar-refractivity contribution in [3.63, 3.8) is 0 Å². The highest BCUT2D eigenvalue weighted by molar-refractivity contribution is 7.90. The van der Waals surface area contributed by atoms with E-state index >= 15 is 0 Å². The Bertz CT molecular complexity index is 1300. The molecule has 0 radical (unpaired) electrons. The summed E-state index contributed by atoms with van der Waals surface area (Å²) in [7, 11) is -3.59. The number of H-pyrrole nitrogens is 1. The number of amides is 1. The van der Waals surface area contributed by atoms with Crippen molar-refractivity contribution in [1.29, 1.82) is 0 Å². The van der Waals surface area contributed by atoms with Crippen molar-refractivity contribution in [2.45, 2.75) is 43.0 Å². The zero-order chi connectivity index (χ0) is 24.8.